The quantitative estimate of drug-likeness (QED) is 0.422. The van der Waals surface area contributed by atoms with Crippen molar-refractivity contribution in [2.45, 2.75) is 52.9 Å². The van der Waals surface area contributed by atoms with Gasteiger partial charge >= 0.3 is 12.4 Å². The molecule has 0 aliphatic carbocycles. The van der Waals surface area contributed by atoms with Crippen LogP contribution in [-0.2, 0) is 19.1 Å². The molecule has 4 heteroatoms. The van der Waals surface area contributed by atoms with Crippen LogP contribution in [0.25, 0.3) is 0 Å². The second-order valence-corrected chi connectivity index (χ2v) is 4.58. The molecule has 18 heavy (non-hydrogen) atoms. The third-order valence-corrected chi connectivity index (χ3v) is 3.20. The summed E-state index contributed by atoms with van der Waals surface area (Å²) in [5.74, 6) is -0.433. The van der Waals surface area contributed by atoms with E-state index < -0.39 is 0 Å². The predicted octanol–water partition coefficient (Wildman–Crippen LogP) is 2.86. The van der Waals surface area contributed by atoms with Crippen LogP contribution < -0.4 is 0 Å². The lowest BCUT2D eigenvalue weighted by molar-refractivity contribution is -0.150. The van der Waals surface area contributed by atoms with Gasteiger partial charge in [0.05, 0.1) is 19.1 Å². The Labute approximate surface area is 110 Å². The molecule has 0 aromatic heterocycles. The Morgan fingerprint density at radius 3 is 2.50 bits per heavy atom. The molecule has 1 radical (unpaired) electrons. The lowest BCUT2D eigenvalue weighted by Crippen LogP contribution is -2.26. The van der Waals surface area contributed by atoms with Gasteiger partial charge in [-0.3, -0.25) is 4.79 Å². The van der Waals surface area contributed by atoms with Crippen LogP contribution in [0.15, 0.2) is 0 Å². The summed E-state index contributed by atoms with van der Waals surface area (Å²) in [6.07, 6.45) is 5.13. The maximum Gasteiger partial charge on any atom is 0.417 e. The Morgan fingerprint density at radius 1 is 1.22 bits per heavy atom. The van der Waals surface area contributed by atoms with Gasteiger partial charge < -0.3 is 9.47 Å². The number of ether oxygens (including phenoxy) is 2. The van der Waals surface area contributed by atoms with E-state index in [1.807, 2.05) is 13.8 Å². The summed E-state index contributed by atoms with van der Waals surface area (Å²) in [7, 11) is 0. The standard InChI is InChI=1S/C14H25O4/c1-4-6-7-8-9-18-14(16)12(3)13(5-2)10-17-11-15/h12-13H,4-10H2,1-3H3. The fraction of sp³-hybridized carbons (Fsp3) is 0.857. The summed E-state index contributed by atoms with van der Waals surface area (Å²) in [5.41, 5.74) is 0. The van der Waals surface area contributed by atoms with E-state index in [4.69, 9.17) is 4.74 Å². The Bertz CT molecular complexity index is 228. The van der Waals surface area contributed by atoms with E-state index in [2.05, 4.69) is 11.7 Å². The van der Waals surface area contributed by atoms with E-state index in [1.54, 1.807) is 0 Å². The van der Waals surface area contributed by atoms with Crippen LogP contribution in [0.5, 0.6) is 0 Å². The molecule has 0 saturated carbocycles. The minimum Gasteiger partial charge on any atom is -0.465 e. The van der Waals surface area contributed by atoms with Gasteiger partial charge in [0, 0.05) is 5.92 Å². The number of rotatable bonds is 11. The molecule has 0 aromatic rings. The molecule has 0 rings (SSSR count). The topological polar surface area (TPSA) is 52.6 Å². The molecule has 2 unspecified atom stereocenters. The van der Waals surface area contributed by atoms with Crippen molar-refractivity contribution in [3.63, 3.8) is 0 Å². The van der Waals surface area contributed by atoms with Crippen molar-refractivity contribution < 1.29 is 19.1 Å². The molecule has 0 bridgehead atoms. The molecule has 0 amide bonds. The van der Waals surface area contributed by atoms with Crippen LogP contribution in [0.4, 0.5) is 0 Å². The number of esters is 1. The second kappa shape index (κ2) is 11.1. The van der Waals surface area contributed by atoms with Gasteiger partial charge in [-0.1, -0.05) is 40.0 Å². The largest absolute Gasteiger partial charge is 0.465 e. The van der Waals surface area contributed by atoms with Crippen LogP contribution in [-0.4, -0.2) is 25.7 Å². The highest BCUT2D eigenvalue weighted by Crippen LogP contribution is 2.17. The van der Waals surface area contributed by atoms with Crippen LogP contribution in [0, 0.1) is 11.8 Å². The van der Waals surface area contributed by atoms with E-state index in [-0.39, 0.29) is 24.4 Å². The fourth-order valence-corrected chi connectivity index (χ4v) is 1.78. The zero-order chi connectivity index (χ0) is 13.8. The van der Waals surface area contributed by atoms with Gasteiger partial charge in [0.2, 0.25) is 0 Å². The molecule has 0 saturated heterocycles. The first-order chi connectivity index (χ1) is 8.67. The molecule has 0 N–H and O–H groups in total. The van der Waals surface area contributed by atoms with Gasteiger partial charge in [0.1, 0.15) is 0 Å². The molecule has 0 aliphatic heterocycles. The Morgan fingerprint density at radius 2 is 1.94 bits per heavy atom. The first-order valence-corrected chi connectivity index (χ1v) is 6.82. The number of hydrogen-bond acceptors (Lipinski definition) is 4. The van der Waals surface area contributed by atoms with E-state index >= 15 is 0 Å². The zero-order valence-corrected chi connectivity index (χ0v) is 11.7. The van der Waals surface area contributed by atoms with Crippen LogP contribution in [0.1, 0.15) is 52.9 Å². The monoisotopic (exact) mass is 257 g/mol. The van der Waals surface area contributed by atoms with Crippen molar-refractivity contribution in [3.8, 4) is 0 Å². The summed E-state index contributed by atoms with van der Waals surface area (Å²) in [6.45, 7) is 8.03. The molecule has 0 aromatic carbocycles. The number of carbonyl (C=O) groups is 1. The SMILES string of the molecule is CCCCCCOC(=O)C(C)C(CC)CO[C]=O. The normalized spacial score (nSPS) is 13.7. The lowest BCUT2D eigenvalue weighted by atomic mass is 9.92. The summed E-state index contributed by atoms with van der Waals surface area (Å²) in [4.78, 5) is 21.8. The number of unbranched alkanes of at least 4 members (excludes halogenated alkanes) is 3. The summed E-state index contributed by atoms with van der Waals surface area (Å²) in [5, 5.41) is 0. The zero-order valence-electron chi connectivity index (χ0n) is 11.7. The lowest BCUT2D eigenvalue weighted by Gasteiger charge is -2.19. The molecule has 0 fully saturated rings. The predicted molar refractivity (Wildman–Crippen MR) is 69.7 cm³/mol. The smallest absolute Gasteiger partial charge is 0.417 e. The van der Waals surface area contributed by atoms with Gasteiger partial charge in [-0.25, -0.2) is 4.79 Å². The second-order valence-electron chi connectivity index (χ2n) is 4.58. The van der Waals surface area contributed by atoms with E-state index in [9.17, 15) is 9.59 Å². The van der Waals surface area contributed by atoms with Crippen molar-refractivity contribution in [1.82, 2.24) is 0 Å². The third-order valence-electron chi connectivity index (χ3n) is 3.20. The molecular formula is C14H25O4. The number of carbonyl (C=O) groups excluding carboxylic acids is 2. The average molecular weight is 257 g/mol. The maximum atomic E-state index is 11.8. The van der Waals surface area contributed by atoms with Gasteiger partial charge in [-0.15, -0.1) is 0 Å². The summed E-state index contributed by atoms with van der Waals surface area (Å²) < 4.78 is 9.82. The van der Waals surface area contributed by atoms with Gasteiger partial charge in [0.25, 0.3) is 0 Å². The number of hydrogen-bond donors (Lipinski definition) is 0. The Balaban J connectivity index is 3.87. The van der Waals surface area contributed by atoms with Gasteiger partial charge in [0.15, 0.2) is 0 Å². The maximum absolute atomic E-state index is 11.8. The minimum absolute atomic E-state index is 0.00888. The minimum atomic E-state index is -0.241. The fourth-order valence-electron chi connectivity index (χ4n) is 1.78. The summed E-state index contributed by atoms with van der Waals surface area (Å²) in [6, 6.07) is 0. The van der Waals surface area contributed by atoms with Crippen LogP contribution >= 0.6 is 0 Å². The van der Waals surface area contributed by atoms with Crippen molar-refractivity contribution >= 4 is 12.4 Å². The van der Waals surface area contributed by atoms with E-state index in [0.717, 1.165) is 19.3 Å². The Kier molecular flexibility index (Phi) is 10.4. The molecule has 0 heterocycles. The molecule has 0 spiro atoms. The van der Waals surface area contributed by atoms with Crippen LogP contribution in [0.3, 0.4) is 0 Å². The van der Waals surface area contributed by atoms with Crippen molar-refractivity contribution in [3.05, 3.63) is 0 Å². The van der Waals surface area contributed by atoms with Crippen molar-refractivity contribution in [2.24, 2.45) is 11.8 Å². The highest BCUT2D eigenvalue weighted by molar-refractivity contribution is 5.72. The average Bonchev–Trinajstić information content (AvgIpc) is 2.38. The van der Waals surface area contributed by atoms with Crippen LogP contribution in [0.2, 0.25) is 0 Å². The van der Waals surface area contributed by atoms with E-state index in [1.165, 1.54) is 19.3 Å². The Hall–Kier alpha value is -1.06. The van der Waals surface area contributed by atoms with Gasteiger partial charge in [-0.05, 0) is 12.8 Å². The highest BCUT2D eigenvalue weighted by Gasteiger charge is 2.24. The molecule has 0 aliphatic rings. The van der Waals surface area contributed by atoms with Crippen molar-refractivity contribution in [2.75, 3.05) is 13.2 Å². The van der Waals surface area contributed by atoms with Gasteiger partial charge in [-0.2, -0.15) is 0 Å². The third kappa shape index (κ3) is 7.30. The highest BCUT2D eigenvalue weighted by atomic mass is 16.5. The van der Waals surface area contributed by atoms with E-state index in [0.29, 0.717) is 6.61 Å². The van der Waals surface area contributed by atoms with Crippen molar-refractivity contribution in [1.29, 1.82) is 0 Å². The molecular weight excluding hydrogens is 232 g/mol. The first-order valence-electron chi connectivity index (χ1n) is 6.82. The summed E-state index contributed by atoms with van der Waals surface area (Å²) >= 11 is 0. The molecule has 4 nitrogen and oxygen atoms in total. The molecule has 105 valence electrons. The first kappa shape index (κ1) is 16.9. The molecule has 2 atom stereocenters.